The predicted molar refractivity (Wildman–Crippen MR) is 128 cm³/mol. The number of amides is 1. The highest BCUT2D eigenvalue weighted by Gasteiger charge is 2.35. The van der Waals surface area contributed by atoms with Crippen molar-refractivity contribution < 1.29 is 19.8 Å². The van der Waals surface area contributed by atoms with Crippen molar-refractivity contribution in [2.75, 3.05) is 10.3 Å². The van der Waals surface area contributed by atoms with Crippen molar-refractivity contribution in [3.8, 4) is 16.9 Å². The number of carbonyl (C=O) groups is 2. The molecule has 34 heavy (non-hydrogen) atoms. The van der Waals surface area contributed by atoms with Crippen molar-refractivity contribution >= 4 is 34.8 Å². The number of aromatic hydroxyl groups is 1. The summed E-state index contributed by atoms with van der Waals surface area (Å²) in [5.74, 6) is -1.04. The Morgan fingerprint density at radius 1 is 0.912 bits per heavy atom. The summed E-state index contributed by atoms with van der Waals surface area (Å²) < 4.78 is 0. The number of aromatic carboxylic acids is 1. The molecule has 0 spiro atoms. The molecular formula is C26H18N4O4. The first-order valence-electron chi connectivity index (χ1n) is 10.4. The van der Waals surface area contributed by atoms with Gasteiger partial charge in [-0.1, -0.05) is 48.5 Å². The van der Waals surface area contributed by atoms with E-state index in [1.54, 1.807) is 60.8 Å². The molecule has 0 aliphatic carbocycles. The number of nitrogens with one attached hydrogen (secondary N) is 1. The summed E-state index contributed by atoms with van der Waals surface area (Å²) >= 11 is 0. The molecule has 166 valence electrons. The summed E-state index contributed by atoms with van der Waals surface area (Å²) in [6.45, 7) is 0. The van der Waals surface area contributed by atoms with Gasteiger partial charge in [0, 0.05) is 17.3 Å². The number of phenols is 1. The van der Waals surface area contributed by atoms with Crippen LogP contribution in [-0.2, 0) is 4.79 Å². The Bertz CT molecular complexity index is 1450. The summed E-state index contributed by atoms with van der Waals surface area (Å²) in [5.41, 5.74) is 5.63. The molecule has 8 nitrogen and oxygen atoms in total. The van der Waals surface area contributed by atoms with Gasteiger partial charge in [-0.25, -0.2) is 9.78 Å². The van der Waals surface area contributed by atoms with Crippen LogP contribution in [-0.4, -0.2) is 32.8 Å². The molecule has 0 fully saturated rings. The molecular weight excluding hydrogens is 432 g/mol. The Morgan fingerprint density at radius 2 is 1.68 bits per heavy atom. The maximum Gasteiger partial charge on any atom is 0.335 e. The van der Waals surface area contributed by atoms with E-state index in [1.165, 1.54) is 17.0 Å². The fraction of sp³-hybridized carbons (Fsp3) is 0. The molecule has 0 radical (unpaired) electrons. The van der Waals surface area contributed by atoms with Crippen LogP contribution in [0.3, 0.4) is 0 Å². The SMILES string of the molecule is O=C(O)c1cccc(-c2cccc(NN=C3C(=O)N(c4ccccn4)c4ccccc43)c2O)c1. The number of hydrogen-bond acceptors (Lipinski definition) is 6. The summed E-state index contributed by atoms with van der Waals surface area (Å²) in [5, 5.41) is 24.4. The molecule has 4 aromatic rings. The van der Waals surface area contributed by atoms with E-state index >= 15 is 0 Å². The van der Waals surface area contributed by atoms with E-state index in [0.717, 1.165) is 0 Å². The summed E-state index contributed by atoms with van der Waals surface area (Å²) in [7, 11) is 0. The molecule has 1 aromatic heterocycles. The van der Waals surface area contributed by atoms with Crippen molar-refractivity contribution in [2.24, 2.45) is 5.10 Å². The van der Waals surface area contributed by atoms with Crippen LogP contribution in [0, 0.1) is 0 Å². The minimum Gasteiger partial charge on any atom is -0.505 e. The van der Waals surface area contributed by atoms with E-state index in [4.69, 9.17) is 0 Å². The van der Waals surface area contributed by atoms with Gasteiger partial charge in [-0.15, -0.1) is 0 Å². The van der Waals surface area contributed by atoms with Crippen LogP contribution >= 0.6 is 0 Å². The number of anilines is 3. The maximum atomic E-state index is 13.3. The average Bonchev–Trinajstić information content (AvgIpc) is 3.15. The Hall–Kier alpha value is -4.98. The van der Waals surface area contributed by atoms with Gasteiger partial charge in [-0.05, 0) is 42.0 Å². The molecule has 0 bridgehead atoms. The number of aromatic nitrogens is 1. The molecule has 0 saturated carbocycles. The summed E-state index contributed by atoms with van der Waals surface area (Å²) in [6.07, 6.45) is 1.61. The standard InChI is InChI=1S/C26H18N4O4/c31-24-18(16-7-5-8-17(15-16)26(33)34)10-6-11-20(24)28-29-23-19-9-1-2-12-21(19)30(25(23)32)22-13-3-4-14-27-22/h1-15,28,31H,(H,33,34). The number of hydrazone groups is 1. The number of phenolic OH excluding ortho intramolecular Hbond substituents is 1. The normalized spacial score (nSPS) is 13.7. The van der Waals surface area contributed by atoms with Gasteiger partial charge in [-0.3, -0.25) is 15.1 Å². The zero-order valence-electron chi connectivity index (χ0n) is 17.7. The molecule has 8 heteroatoms. The lowest BCUT2D eigenvalue weighted by molar-refractivity contribution is -0.111. The number of benzene rings is 3. The molecule has 3 aromatic carbocycles. The van der Waals surface area contributed by atoms with E-state index in [2.05, 4.69) is 15.5 Å². The highest BCUT2D eigenvalue weighted by Crippen LogP contribution is 2.37. The highest BCUT2D eigenvalue weighted by molar-refractivity contribution is 6.55. The van der Waals surface area contributed by atoms with Crippen LogP contribution in [0.15, 0.2) is 96.2 Å². The Balaban J connectivity index is 1.50. The number of carbonyl (C=O) groups excluding carboxylic acids is 1. The van der Waals surface area contributed by atoms with E-state index in [0.29, 0.717) is 28.2 Å². The third kappa shape index (κ3) is 3.63. The molecule has 1 aliphatic rings. The number of rotatable bonds is 5. The second kappa shape index (κ2) is 8.51. The monoisotopic (exact) mass is 450 g/mol. The van der Waals surface area contributed by atoms with E-state index in [1.807, 2.05) is 18.2 Å². The molecule has 2 heterocycles. The second-order valence-corrected chi connectivity index (χ2v) is 7.51. The van der Waals surface area contributed by atoms with Gasteiger partial charge < -0.3 is 10.2 Å². The number of para-hydroxylation sites is 2. The summed E-state index contributed by atoms with van der Waals surface area (Å²) in [6, 6.07) is 23.8. The van der Waals surface area contributed by atoms with Gasteiger partial charge in [0.05, 0.1) is 16.9 Å². The molecule has 1 aliphatic heterocycles. The maximum absolute atomic E-state index is 13.3. The van der Waals surface area contributed by atoms with Crippen molar-refractivity contribution in [3.05, 3.63) is 102 Å². The number of hydrogen-bond donors (Lipinski definition) is 3. The van der Waals surface area contributed by atoms with E-state index in [-0.39, 0.29) is 28.6 Å². The van der Waals surface area contributed by atoms with Gasteiger partial charge in [0.1, 0.15) is 11.6 Å². The van der Waals surface area contributed by atoms with Crippen molar-refractivity contribution in [1.82, 2.24) is 4.98 Å². The van der Waals surface area contributed by atoms with E-state index in [9.17, 15) is 19.8 Å². The number of carboxylic acid groups (broad SMARTS) is 1. The number of pyridine rings is 1. The van der Waals surface area contributed by atoms with Crippen LogP contribution in [0.2, 0.25) is 0 Å². The van der Waals surface area contributed by atoms with Gasteiger partial charge in [-0.2, -0.15) is 5.10 Å². The second-order valence-electron chi connectivity index (χ2n) is 7.51. The quantitative estimate of drug-likeness (QED) is 0.301. The first kappa shape index (κ1) is 20.9. The fourth-order valence-corrected chi connectivity index (χ4v) is 3.82. The third-order valence-electron chi connectivity index (χ3n) is 5.43. The van der Waals surface area contributed by atoms with Crippen LogP contribution in [0.5, 0.6) is 5.75 Å². The van der Waals surface area contributed by atoms with Crippen molar-refractivity contribution in [1.29, 1.82) is 0 Å². The zero-order chi connectivity index (χ0) is 23.7. The fourth-order valence-electron chi connectivity index (χ4n) is 3.82. The Kier molecular flexibility index (Phi) is 5.23. The Labute approximate surface area is 194 Å². The molecule has 5 rings (SSSR count). The van der Waals surface area contributed by atoms with Crippen molar-refractivity contribution in [3.63, 3.8) is 0 Å². The lowest BCUT2D eigenvalue weighted by Gasteiger charge is -2.15. The minimum atomic E-state index is -1.06. The number of fused-ring (bicyclic) bond motifs is 1. The van der Waals surface area contributed by atoms with Gasteiger partial charge >= 0.3 is 5.97 Å². The van der Waals surface area contributed by atoms with Crippen LogP contribution in [0.1, 0.15) is 15.9 Å². The lowest BCUT2D eigenvalue weighted by atomic mass is 10.0. The molecule has 0 atom stereocenters. The predicted octanol–water partition coefficient (Wildman–Crippen LogP) is 4.65. The zero-order valence-corrected chi connectivity index (χ0v) is 17.7. The molecule has 1 amide bonds. The van der Waals surface area contributed by atoms with Crippen LogP contribution < -0.4 is 10.3 Å². The summed E-state index contributed by atoms with van der Waals surface area (Å²) in [4.78, 5) is 30.3. The molecule has 0 saturated heterocycles. The van der Waals surface area contributed by atoms with Crippen molar-refractivity contribution in [2.45, 2.75) is 0 Å². The molecule has 0 unspecified atom stereocenters. The topological polar surface area (TPSA) is 115 Å². The number of carboxylic acids is 1. The van der Waals surface area contributed by atoms with Gasteiger partial charge in [0.15, 0.2) is 5.71 Å². The Morgan fingerprint density at radius 3 is 2.47 bits per heavy atom. The first-order chi connectivity index (χ1) is 16.5. The van der Waals surface area contributed by atoms with Crippen LogP contribution in [0.4, 0.5) is 17.2 Å². The third-order valence-corrected chi connectivity index (χ3v) is 5.43. The lowest BCUT2D eigenvalue weighted by Crippen LogP contribution is -2.26. The minimum absolute atomic E-state index is 0.110. The number of nitrogens with zero attached hydrogens (tertiary/aromatic N) is 3. The average molecular weight is 450 g/mol. The smallest absolute Gasteiger partial charge is 0.335 e. The van der Waals surface area contributed by atoms with Crippen LogP contribution in [0.25, 0.3) is 11.1 Å². The van der Waals surface area contributed by atoms with Gasteiger partial charge in [0.2, 0.25) is 0 Å². The molecule has 3 N–H and O–H groups in total. The first-order valence-corrected chi connectivity index (χ1v) is 10.4. The van der Waals surface area contributed by atoms with E-state index < -0.39 is 5.97 Å². The largest absolute Gasteiger partial charge is 0.505 e. The highest BCUT2D eigenvalue weighted by atomic mass is 16.4. The van der Waals surface area contributed by atoms with Gasteiger partial charge in [0.25, 0.3) is 5.91 Å².